The van der Waals surface area contributed by atoms with Gasteiger partial charge in [-0.05, 0) is 101 Å². The highest BCUT2D eigenvalue weighted by Gasteiger charge is 2.45. The van der Waals surface area contributed by atoms with E-state index in [9.17, 15) is 58.0 Å². The zero-order valence-electron chi connectivity index (χ0n) is 36.5. The zero-order chi connectivity index (χ0) is 49.1. The lowest BCUT2D eigenvalue weighted by Crippen LogP contribution is -2.42. The van der Waals surface area contributed by atoms with Crippen molar-refractivity contribution < 1.29 is 62.8 Å². The van der Waals surface area contributed by atoms with Crippen molar-refractivity contribution in [1.29, 1.82) is 0 Å². The molecule has 2 aliphatic rings. The molecule has 2 saturated heterocycles. The smallest absolute Gasteiger partial charge is 0.286 e. The van der Waals surface area contributed by atoms with E-state index in [0.29, 0.717) is 27.3 Å². The van der Waals surface area contributed by atoms with Crippen molar-refractivity contribution in [2.24, 2.45) is 11.8 Å². The van der Waals surface area contributed by atoms with E-state index in [1.807, 2.05) is 58.0 Å². The van der Waals surface area contributed by atoms with Crippen LogP contribution in [0.5, 0.6) is 0 Å². The molecule has 0 radical (unpaired) electrons. The minimum Gasteiger partial charge on any atom is -0.286 e. The Morgan fingerprint density at radius 1 is 0.567 bits per heavy atom. The molecular weight excluding hydrogens is 927 g/mol. The number of amides is 2. The van der Waals surface area contributed by atoms with E-state index in [4.69, 9.17) is 4.84 Å². The van der Waals surface area contributed by atoms with Crippen LogP contribution in [0.2, 0.25) is 0 Å². The predicted octanol–water partition coefficient (Wildman–Crippen LogP) is 9.07. The SMILES string of the molecule is CC(C)[C@H]1C[C@@H](NS(=O)(=O)c2ccc(-c3ccc(C(F)(F)F)cc3)cc2)C(=O)N1O.CC(C)[C@H]1C[C@@H](NS(=O)(=O)c2ccc(-c3ccc(C(F)(F)F)cc3)cc2)C(=O)N1OCc1ccccc1. The van der Waals surface area contributed by atoms with Gasteiger partial charge in [0, 0.05) is 0 Å². The molecule has 4 atom stereocenters. The normalized spacial score (nSPS) is 19.3. The molecule has 67 heavy (non-hydrogen) atoms. The molecule has 3 N–H and O–H groups in total. The van der Waals surface area contributed by atoms with Crippen LogP contribution in [-0.4, -0.2) is 68.2 Å². The van der Waals surface area contributed by atoms with Crippen LogP contribution < -0.4 is 9.44 Å². The first-order valence-electron chi connectivity index (χ1n) is 21.0. The lowest BCUT2D eigenvalue weighted by molar-refractivity contribution is -0.199. The Morgan fingerprint density at radius 2 is 0.925 bits per heavy atom. The summed E-state index contributed by atoms with van der Waals surface area (Å²) in [5.41, 5.74) is 1.47. The summed E-state index contributed by atoms with van der Waals surface area (Å²) < 4.78 is 133. The van der Waals surface area contributed by atoms with Gasteiger partial charge in [0.25, 0.3) is 11.8 Å². The first-order valence-corrected chi connectivity index (χ1v) is 23.9. The number of sulfonamides is 2. The number of carbonyl (C=O) groups excluding carboxylic acids is 2. The number of hydroxylamine groups is 4. The van der Waals surface area contributed by atoms with Gasteiger partial charge in [-0.15, -0.1) is 0 Å². The van der Waals surface area contributed by atoms with Gasteiger partial charge in [-0.3, -0.25) is 19.6 Å². The van der Waals surface area contributed by atoms with Crippen LogP contribution in [0.1, 0.15) is 57.2 Å². The second kappa shape index (κ2) is 20.3. The summed E-state index contributed by atoms with van der Waals surface area (Å²) in [6.07, 6.45) is -8.46. The number of hydrogen-bond donors (Lipinski definition) is 3. The average Bonchev–Trinajstić information content (AvgIpc) is 3.75. The highest BCUT2D eigenvalue weighted by atomic mass is 32.2. The monoisotopic (exact) mass is 974 g/mol. The van der Waals surface area contributed by atoms with E-state index in [-0.39, 0.29) is 47.1 Å². The second-order valence-corrected chi connectivity index (χ2v) is 20.2. The van der Waals surface area contributed by atoms with E-state index >= 15 is 0 Å². The Kier molecular flexibility index (Phi) is 15.4. The first kappa shape index (κ1) is 50.8. The Bertz CT molecular complexity index is 2720. The van der Waals surface area contributed by atoms with Crippen molar-refractivity contribution in [1.82, 2.24) is 19.6 Å². The van der Waals surface area contributed by atoms with Crippen LogP contribution in [0, 0.1) is 11.8 Å². The summed E-state index contributed by atoms with van der Waals surface area (Å²) in [4.78, 5) is 30.9. The number of benzene rings is 5. The standard InChI is InChI=1S/C27H27F3N2O4S.C20H21F3N2O4S/c1-18(2)25-16-24(26(33)32(25)36-17-19-6-4-3-5-7-19)31-37(34,35)23-14-10-21(11-15-23)20-8-12-22(13-9-20)27(28,29)30;1-12(2)18-11-17(19(26)25(18)27)24-30(28,29)16-9-5-14(6-10-16)13-3-7-15(8-4-13)20(21,22)23/h3-15,18,24-25,31H,16-17H2,1-2H3;3-10,12,17-18,24,27H,11H2,1-2H3/t24-,25-;17-,18-/m11/s1. The van der Waals surface area contributed by atoms with Crippen molar-refractivity contribution >= 4 is 31.9 Å². The summed E-state index contributed by atoms with van der Waals surface area (Å²) in [5, 5.41) is 11.7. The molecule has 0 unspecified atom stereocenters. The molecular formula is C47H48F6N4O8S2. The Hall–Kier alpha value is -5.64. The van der Waals surface area contributed by atoms with E-state index < -0.39 is 73.5 Å². The molecule has 5 aromatic rings. The number of carbonyl (C=O) groups is 2. The van der Waals surface area contributed by atoms with Crippen LogP contribution in [-0.2, 0) is 53.4 Å². The lowest BCUT2D eigenvalue weighted by Gasteiger charge is -2.26. The van der Waals surface area contributed by atoms with E-state index in [1.54, 1.807) is 0 Å². The zero-order valence-corrected chi connectivity index (χ0v) is 38.1. The van der Waals surface area contributed by atoms with Crippen LogP contribution in [0.15, 0.2) is 137 Å². The molecule has 2 aliphatic heterocycles. The van der Waals surface area contributed by atoms with Crippen molar-refractivity contribution in [2.45, 2.75) is 93.5 Å². The molecule has 2 amide bonds. The molecule has 0 spiro atoms. The number of nitrogens with zero attached hydrogens (tertiary/aromatic N) is 2. The third-order valence-corrected chi connectivity index (χ3v) is 14.4. The van der Waals surface area contributed by atoms with E-state index in [1.165, 1.54) is 77.9 Å². The molecule has 2 fully saturated rings. The van der Waals surface area contributed by atoms with Crippen LogP contribution >= 0.6 is 0 Å². The quantitative estimate of drug-likeness (QED) is 0.0778. The molecule has 20 heteroatoms. The minimum absolute atomic E-state index is 0.0391. The van der Waals surface area contributed by atoms with Crippen molar-refractivity contribution in [3.05, 3.63) is 144 Å². The Balaban J connectivity index is 0.000000226. The van der Waals surface area contributed by atoms with Gasteiger partial charge in [-0.2, -0.15) is 35.8 Å². The van der Waals surface area contributed by atoms with Crippen molar-refractivity contribution in [3.63, 3.8) is 0 Å². The Morgan fingerprint density at radius 3 is 1.28 bits per heavy atom. The summed E-state index contributed by atoms with van der Waals surface area (Å²) in [5.74, 6) is -1.17. The second-order valence-electron chi connectivity index (χ2n) is 16.7. The van der Waals surface area contributed by atoms with Gasteiger partial charge >= 0.3 is 12.4 Å². The fourth-order valence-corrected chi connectivity index (χ4v) is 9.96. The summed E-state index contributed by atoms with van der Waals surface area (Å²) in [6.45, 7) is 7.69. The molecule has 358 valence electrons. The maximum Gasteiger partial charge on any atom is 0.416 e. The first-order chi connectivity index (χ1) is 31.4. The number of halogens is 6. The fraction of sp³-hybridized carbons (Fsp3) is 0.319. The maximum atomic E-state index is 13.1. The highest BCUT2D eigenvalue weighted by Crippen LogP contribution is 2.34. The summed E-state index contributed by atoms with van der Waals surface area (Å²) in [7, 11) is -8.07. The third kappa shape index (κ3) is 12.3. The van der Waals surface area contributed by atoms with E-state index in [0.717, 1.165) is 29.8 Å². The molecule has 0 aromatic heterocycles. The average molecular weight is 975 g/mol. The number of alkyl halides is 6. The van der Waals surface area contributed by atoms with Gasteiger partial charge in [-0.1, -0.05) is 107 Å². The lowest BCUT2D eigenvalue weighted by atomic mass is 10.0. The van der Waals surface area contributed by atoms with Crippen LogP contribution in [0.4, 0.5) is 26.3 Å². The maximum absolute atomic E-state index is 13.1. The molecule has 0 bridgehead atoms. The van der Waals surface area contributed by atoms with Gasteiger partial charge in [0.05, 0.1) is 33.0 Å². The summed E-state index contributed by atoms with van der Waals surface area (Å²) in [6, 6.07) is 27.0. The van der Waals surface area contributed by atoms with Crippen LogP contribution in [0.25, 0.3) is 22.3 Å². The predicted molar refractivity (Wildman–Crippen MR) is 235 cm³/mol. The van der Waals surface area contributed by atoms with Gasteiger partial charge < -0.3 is 0 Å². The Labute approximate surface area is 384 Å². The number of nitrogens with one attached hydrogen (secondary N) is 2. The molecule has 0 aliphatic carbocycles. The van der Waals surface area contributed by atoms with Gasteiger partial charge in [0.2, 0.25) is 20.0 Å². The minimum atomic E-state index is -4.43. The topological polar surface area (TPSA) is 162 Å². The molecule has 2 heterocycles. The number of hydrogen-bond acceptors (Lipinski definition) is 8. The van der Waals surface area contributed by atoms with Crippen molar-refractivity contribution in [2.75, 3.05) is 0 Å². The fourth-order valence-electron chi connectivity index (χ4n) is 7.56. The molecule has 12 nitrogen and oxygen atoms in total. The highest BCUT2D eigenvalue weighted by molar-refractivity contribution is 7.89. The molecule has 5 aromatic carbocycles. The van der Waals surface area contributed by atoms with Crippen molar-refractivity contribution in [3.8, 4) is 22.3 Å². The van der Waals surface area contributed by atoms with Gasteiger partial charge in [0.15, 0.2) is 0 Å². The van der Waals surface area contributed by atoms with Crippen LogP contribution in [0.3, 0.4) is 0 Å². The van der Waals surface area contributed by atoms with E-state index in [2.05, 4.69) is 9.44 Å². The number of rotatable bonds is 13. The molecule has 7 rings (SSSR count). The largest absolute Gasteiger partial charge is 0.416 e. The summed E-state index contributed by atoms with van der Waals surface area (Å²) >= 11 is 0. The third-order valence-electron chi connectivity index (χ3n) is 11.4. The van der Waals surface area contributed by atoms with Gasteiger partial charge in [-0.25, -0.2) is 27.0 Å². The van der Waals surface area contributed by atoms with Gasteiger partial charge in [0.1, 0.15) is 18.7 Å². The molecule has 0 saturated carbocycles.